The number of aromatic nitrogens is 2. The van der Waals surface area contributed by atoms with Crippen LogP contribution in [0.25, 0.3) is 11.0 Å². The van der Waals surface area contributed by atoms with Gasteiger partial charge in [-0.15, -0.1) is 24.8 Å². The van der Waals surface area contributed by atoms with E-state index in [9.17, 15) is 4.79 Å². The van der Waals surface area contributed by atoms with Gasteiger partial charge in [0.05, 0.1) is 6.04 Å². The van der Waals surface area contributed by atoms with Crippen LogP contribution in [0.2, 0.25) is 0 Å². The normalized spacial score (nSPS) is 19.1. The number of halogens is 2. The van der Waals surface area contributed by atoms with Crippen molar-refractivity contribution >= 4 is 41.8 Å². The standard InChI is InChI=1S/C23H34N4O.2ClH/c24-21(20(17-7-3-1-4-8-17)18-9-5-2-6-10-18)23(28)27-15-16-13-19-11-12-25-22(19)26-14-16;;/h11-14,17-18,20-21H,1-10,15,24H2,(H,25,26)(H,27,28);2*1H. The Balaban J connectivity index is 0.00000160. The first-order chi connectivity index (χ1) is 13.7. The molecule has 0 spiro atoms. The van der Waals surface area contributed by atoms with Crippen LogP contribution in [0.5, 0.6) is 0 Å². The highest BCUT2D eigenvalue weighted by molar-refractivity contribution is 5.85. The molecule has 2 aliphatic carbocycles. The second-order valence-electron chi connectivity index (χ2n) is 8.88. The summed E-state index contributed by atoms with van der Waals surface area (Å²) in [7, 11) is 0. The van der Waals surface area contributed by atoms with Gasteiger partial charge in [-0.05, 0) is 35.4 Å². The first-order valence-electron chi connectivity index (χ1n) is 11.2. The molecule has 0 saturated heterocycles. The highest BCUT2D eigenvalue weighted by atomic mass is 35.5. The van der Waals surface area contributed by atoms with Crippen molar-refractivity contribution < 1.29 is 4.79 Å². The van der Waals surface area contributed by atoms with Crippen molar-refractivity contribution in [1.29, 1.82) is 0 Å². The number of hydrogen-bond acceptors (Lipinski definition) is 3. The number of H-pyrrole nitrogens is 1. The van der Waals surface area contributed by atoms with Gasteiger partial charge in [0.1, 0.15) is 5.65 Å². The van der Waals surface area contributed by atoms with E-state index in [1.165, 1.54) is 64.2 Å². The molecular weight excluding hydrogens is 419 g/mol. The van der Waals surface area contributed by atoms with Crippen molar-refractivity contribution in [2.24, 2.45) is 23.5 Å². The number of nitrogens with zero attached hydrogens (tertiary/aromatic N) is 1. The monoisotopic (exact) mass is 454 g/mol. The zero-order valence-electron chi connectivity index (χ0n) is 17.6. The van der Waals surface area contributed by atoms with Crippen LogP contribution in [0.15, 0.2) is 24.5 Å². The maximum Gasteiger partial charge on any atom is 0.237 e. The molecule has 2 aliphatic rings. The highest BCUT2D eigenvalue weighted by Gasteiger charge is 2.38. The maximum atomic E-state index is 13.0. The lowest BCUT2D eigenvalue weighted by atomic mass is 9.66. The van der Waals surface area contributed by atoms with Gasteiger partial charge < -0.3 is 16.0 Å². The Bertz CT molecular complexity index is 766. The fourth-order valence-electron chi connectivity index (χ4n) is 5.57. The van der Waals surface area contributed by atoms with Gasteiger partial charge in [-0.25, -0.2) is 4.98 Å². The van der Waals surface area contributed by atoms with Crippen LogP contribution in [0.4, 0.5) is 0 Å². The number of aromatic amines is 1. The van der Waals surface area contributed by atoms with Gasteiger partial charge in [-0.2, -0.15) is 0 Å². The summed E-state index contributed by atoms with van der Waals surface area (Å²) in [4.78, 5) is 20.5. The first kappa shape index (κ1) is 25.0. The number of rotatable bonds is 6. The second-order valence-corrected chi connectivity index (χ2v) is 8.88. The summed E-state index contributed by atoms with van der Waals surface area (Å²) < 4.78 is 0. The molecule has 0 aromatic carbocycles. The van der Waals surface area contributed by atoms with E-state index in [4.69, 9.17) is 5.73 Å². The smallest absolute Gasteiger partial charge is 0.237 e. The first-order valence-corrected chi connectivity index (χ1v) is 11.2. The third-order valence-electron chi connectivity index (χ3n) is 7.03. The van der Waals surface area contributed by atoms with Crippen molar-refractivity contribution in [3.63, 3.8) is 0 Å². The Morgan fingerprint density at radius 3 is 2.27 bits per heavy atom. The summed E-state index contributed by atoms with van der Waals surface area (Å²) in [6.45, 7) is 0.489. The summed E-state index contributed by atoms with van der Waals surface area (Å²) >= 11 is 0. The van der Waals surface area contributed by atoms with E-state index in [-0.39, 0.29) is 30.7 Å². The second kappa shape index (κ2) is 11.9. The van der Waals surface area contributed by atoms with E-state index in [1.54, 1.807) is 0 Å². The van der Waals surface area contributed by atoms with Gasteiger partial charge in [0.15, 0.2) is 0 Å². The van der Waals surface area contributed by atoms with E-state index in [1.807, 2.05) is 18.5 Å². The number of nitrogens with one attached hydrogen (secondary N) is 2. The Morgan fingerprint density at radius 2 is 1.67 bits per heavy atom. The molecule has 2 aromatic heterocycles. The Labute approximate surface area is 192 Å². The number of nitrogens with two attached hydrogens (primary N) is 1. The Morgan fingerprint density at radius 1 is 1.07 bits per heavy atom. The van der Waals surface area contributed by atoms with Crippen molar-refractivity contribution in [3.05, 3.63) is 30.1 Å². The molecule has 2 saturated carbocycles. The average molecular weight is 455 g/mol. The molecule has 0 aliphatic heterocycles. The van der Waals surface area contributed by atoms with Gasteiger partial charge in [-0.1, -0.05) is 64.2 Å². The van der Waals surface area contributed by atoms with E-state index in [0.717, 1.165) is 16.6 Å². The number of fused-ring (bicyclic) bond motifs is 1. The van der Waals surface area contributed by atoms with Gasteiger partial charge in [-0.3, -0.25) is 4.79 Å². The number of carbonyl (C=O) groups excluding carboxylic acids is 1. The number of hydrogen-bond donors (Lipinski definition) is 3. The van der Waals surface area contributed by atoms with Crippen LogP contribution in [-0.4, -0.2) is 21.9 Å². The molecule has 30 heavy (non-hydrogen) atoms. The van der Waals surface area contributed by atoms with Crippen LogP contribution in [0.3, 0.4) is 0 Å². The van der Waals surface area contributed by atoms with E-state index in [2.05, 4.69) is 21.4 Å². The predicted octanol–water partition coefficient (Wildman–Crippen LogP) is 5.13. The third kappa shape index (κ3) is 5.89. The minimum atomic E-state index is -0.393. The molecule has 2 fully saturated rings. The Hall–Kier alpha value is -1.30. The lowest BCUT2D eigenvalue weighted by molar-refractivity contribution is -0.125. The molecule has 5 nitrogen and oxygen atoms in total. The molecule has 1 atom stereocenters. The van der Waals surface area contributed by atoms with Gasteiger partial charge in [0.25, 0.3) is 0 Å². The summed E-state index contributed by atoms with van der Waals surface area (Å²) in [6.07, 6.45) is 16.6. The zero-order chi connectivity index (χ0) is 19.3. The summed E-state index contributed by atoms with van der Waals surface area (Å²) in [6, 6.07) is 3.68. The number of carbonyl (C=O) groups is 1. The van der Waals surface area contributed by atoms with Crippen molar-refractivity contribution in [1.82, 2.24) is 15.3 Å². The van der Waals surface area contributed by atoms with Crippen LogP contribution in [-0.2, 0) is 11.3 Å². The fraction of sp³-hybridized carbons (Fsp3) is 0.652. The van der Waals surface area contributed by atoms with E-state index in [0.29, 0.717) is 24.3 Å². The zero-order valence-corrected chi connectivity index (χ0v) is 19.3. The summed E-state index contributed by atoms with van der Waals surface area (Å²) in [5, 5.41) is 4.17. The molecule has 1 amide bonds. The molecule has 0 bridgehead atoms. The van der Waals surface area contributed by atoms with Crippen molar-refractivity contribution in [2.45, 2.75) is 76.8 Å². The Kier molecular flexibility index (Phi) is 9.92. The molecule has 2 aromatic rings. The molecule has 4 rings (SSSR count). The molecule has 4 N–H and O–H groups in total. The van der Waals surface area contributed by atoms with Gasteiger partial charge >= 0.3 is 0 Å². The van der Waals surface area contributed by atoms with Crippen molar-refractivity contribution in [2.75, 3.05) is 0 Å². The molecule has 168 valence electrons. The molecule has 1 unspecified atom stereocenters. The summed E-state index contributed by atoms with van der Waals surface area (Å²) in [5.74, 6) is 1.59. The largest absolute Gasteiger partial charge is 0.351 e. The number of pyridine rings is 1. The lowest BCUT2D eigenvalue weighted by Crippen LogP contribution is -2.50. The van der Waals surface area contributed by atoms with E-state index < -0.39 is 6.04 Å². The minimum Gasteiger partial charge on any atom is -0.351 e. The maximum absolute atomic E-state index is 13.0. The van der Waals surface area contributed by atoms with Gasteiger partial charge in [0, 0.05) is 24.3 Å². The minimum absolute atomic E-state index is 0. The summed E-state index contributed by atoms with van der Waals surface area (Å²) in [5.41, 5.74) is 8.52. The van der Waals surface area contributed by atoms with Gasteiger partial charge in [0.2, 0.25) is 5.91 Å². The van der Waals surface area contributed by atoms with E-state index >= 15 is 0 Å². The molecule has 0 radical (unpaired) electrons. The lowest BCUT2D eigenvalue weighted by Gasteiger charge is -2.40. The van der Waals surface area contributed by atoms with Crippen LogP contribution in [0.1, 0.15) is 69.8 Å². The van der Waals surface area contributed by atoms with Crippen molar-refractivity contribution in [3.8, 4) is 0 Å². The average Bonchev–Trinajstić information content (AvgIpc) is 3.21. The molecule has 7 heteroatoms. The van der Waals surface area contributed by atoms with Crippen LogP contribution < -0.4 is 11.1 Å². The van der Waals surface area contributed by atoms with Crippen LogP contribution >= 0.6 is 24.8 Å². The highest BCUT2D eigenvalue weighted by Crippen LogP contribution is 2.41. The third-order valence-corrected chi connectivity index (χ3v) is 7.03. The molecule has 2 heterocycles. The SMILES string of the molecule is Cl.Cl.NC(C(=O)NCc1cnc2[nH]ccc2c1)C(C1CCCCC1)C1CCCCC1. The number of amides is 1. The molecular formula is C23H36Cl2N4O. The topological polar surface area (TPSA) is 83.8 Å². The van der Waals surface area contributed by atoms with Crippen LogP contribution in [0, 0.1) is 17.8 Å². The quantitative estimate of drug-likeness (QED) is 0.565. The predicted molar refractivity (Wildman–Crippen MR) is 127 cm³/mol. The fourth-order valence-corrected chi connectivity index (χ4v) is 5.57.